The zero-order chi connectivity index (χ0) is 21.2. The number of hydrogen-bond donors (Lipinski definition) is 1. The summed E-state index contributed by atoms with van der Waals surface area (Å²) in [6, 6.07) is 15.2. The van der Waals surface area contributed by atoms with Crippen LogP contribution in [0.3, 0.4) is 0 Å². The zero-order valence-electron chi connectivity index (χ0n) is 17.6. The molecule has 0 saturated heterocycles. The molecule has 0 heterocycles. The number of nitrogens with one attached hydrogen (secondary N) is 1. The third-order valence-electron chi connectivity index (χ3n) is 4.98. The molecule has 2 aromatic rings. The minimum atomic E-state index is -0.511. The highest BCUT2D eigenvalue weighted by Gasteiger charge is 2.28. The van der Waals surface area contributed by atoms with Crippen molar-refractivity contribution >= 4 is 23.4 Å². The van der Waals surface area contributed by atoms with E-state index in [9.17, 15) is 9.59 Å². The van der Waals surface area contributed by atoms with Gasteiger partial charge in [0.15, 0.2) is 0 Å². The molecule has 0 saturated carbocycles. The summed E-state index contributed by atoms with van der Waals surface area (Å²) in [6.45, 7) is 6.91. The van der Waals surface area contributed by atoms with E-state index in [1.54, 1.807) is 4.90 Å². The summed E-state index contributed by atoms with van der Waals surface area (Å²) in [4.78, 5) is 27.6. The van der Waals surface area contributed by atoms with E-state index in [1.807, 2.05) is 69.3 Å². The fourth-order valence-electron chi connectivity index (χ4n) is 3.25. The van der Waals surface area contributed by atoms with E-state index in [1.165, 1.54) is 5.56 Å². The van der Waals surface area contributed by atoms with Crippen molar-refractivity contribution in [2.45, 2.75) is 59.0 Å². The van der Waals surface area contributed by atoms with Gasteiger partial charge in [0.1, 0.15) is 6.04 Å². The van der Waals surface area contributed by atoms with Crippen LogP contribution in [0.4, 0.5) is 0 Å². The monoisotopic (exact) mass is 414 g/mol. The quantitative estimate of drug-likeness (QED) is 0.600. The maximum absolute atomic E-state index is 13.2. The van der Waals surface area contributed by atoms with Crippen molar-refractivity contribution in [3.8, 4) is 0 Å². The number of halogens is 1. The lowest BCUT2D eigenvalue weighted by Crippen LogP contribution is -2.49. The van der Waals surface area contributed by atoms with Crippen molar-refractivity contribution in [3.05, 3.63) is 70.2 Å². The average molecular weight is 415 g/mol. The molecule has 2 aromatic carbocycles. The molecule has 5 heteroatoms. The molecule has 0 radical (unpaired) electrons. The second-order valence-electron chi connectivity index (χ2n) is 7.31. The van der Waals surface area contributed by atoms with E-state index in [2.05, 4.69) is 5.32 Å². The Labute approximate surface area is 179 Å². The molecule has 2 rings (SSSR count). The highest BCUT2D eigenvalue weighted by Crippen LogP contribution is 2.21. The van der Waals surface area contributed by atoms with Crippen LogP contribution in [0.25, 0.3) is 0 Å². The summed E-state index contributed by atoms with van der Waals surface area (Å²) in [5, 5.41) is 3.54. The van der Waals surface area contributed by atoms with Gasteiger partial charge in [0, 0.05) is 24.5 Å². The van der Waals surface area contributed by atoms with E-state index >= 15 is 0 Å². The number of nitrogens with zero attached hydrogens (tertiary/aromatic N) is 1. The van der Waals surface area contributed by atoms with Crippen LogP contribution >= 0.6 is 11.6 Å². The number of amides is 2. The minimum absolute atomic E-state index is 0.0380. The number of carbonyl (C=O) groups is 2. The number of carbonyl (C=O) groups excluding carboxylic acids is 2. The SMILES string of the molecule is CCCNC(=O)C(CC)N(Cc1ccccc1Cl)C(=O)CCc1ccc(C)cc1. The lowest BCUT2D eigenvalue weighted by atomic mass is 10.0. The fraction of sp³-hybridized carbons (Fsp3) is 0.417. The Morgan fingerprint density at radius 2 is 1.76 bits per heavy atom. The third kappa shape index (κ3) is 6.90. The first kappa shape index (κ1) is 23.0. The molecule has 0 fully saturated rings. The second kappa shape index (κ2) is 11.6. The molecule has 156 valence electrons. The van der Waals surface area contributed by atoms with Crippen LogP contribution in [0.2, 0.25) is 5.02 Å². The minimum Gasteiger partial charge on any atom is -0.354 e. The van der Waals surface area contributed by atoms with Gasteiger partial charge in [-0.3, -0.25) is 9.59 Å². The first-order chi connectivity index (χ1) is 14.0. The molecule has 2 amide bonds. The molecule has 0 aromatic heterocycles. The maximum atomic E-state index is 13.2. The Hall–Kier alpha value is -2.33. The Kier molecular flexibility index (Phi) is 9.20. The van der Waals surface area contributed by atoms with Crippen LogP contribution in [0, 0.1) is 6.92 Å². The van der Waals surface area contributed by atoms with Crippen LogP contribution in [0.15, 0.2) is 48.5 Å². The van der Waals surface area contributed by atoms with Crippen LogP contribution in [-0.4, -0.2) is 29.3 Å². The Bertz CT molecular complexity index is 805. The summed E-state index contributed by atoms with van der Waals surface area (Å²) >= 11 is 6.33. The van der Waals surface area contributed by atoms with Gasteiger partial charge in [-0.25, -0.2) is 0 Å². The molecule has 0 aliphatic heterocycles. The van der Waals surface area contributed by atoms with Crippen molar-refractivity contribution in [1.29, 1.82) is 0 Å². The summed E-state index contributed by atoms with van der Waals surface area (Å²) in [6.07, 6.45) is 2.40. The predicted octanol–water partition coefficient (Wildman–Crippen LogP) is 4.91. The topological polar surface area (TPSA) is 49.4 Å². The van der Waals surface area contributed by atoms with E-state index in [0.29, 0.717) is 37.4 Å². The van der Waals surface area contributed by atoms with Crippen LogP contribution < -0.4 is 5.32 Å². The summed E-state index contributed by atoms with van der Waals surface area (Å²) in [5.74, 6) is -0.144. The molecule has 0 spiro atoms. The van der Waals surface area contributed by atoms with Crippen molar-refractivity contribution in [3.63, 3.8) is 0 Å². The third-order valence-corrected chi connectivity index (χ3v) is 5.35. The zero-order valence-corrected chi connectivity index (χ0v) is 18.3. The number of aryl methyl sites for hydroxylation is 2. The smallest absolute Gasteiger partial charge is 0.242 e. The lowest BCUT2D eigenvalue weighted by Gasteiger charge is -2.31. The van der Waals surface area contributed by atoms with Crippen molar-refractivity contribution < 1.29 is 9.59 Å². The predicted molar refractivity (Wildman–Crippen MR) is 119 cm³/mol. The van der Waals surface area contributed by atoms with Gasteiger partial charge in [-0.2, -0.15) is 0 Å². The van der Waals surface area contributed by atoms with E-state index in [4.69, 9.17) is 11.6 Å². The lowest BCUT2D eigenvalue weighted by molar-refractivity contribution is -0.141. The van der Waals surface area contributed by atoms with Gasteiger partial charge >= 0.3 is 0 Å². The first-order valence-corrected chi connectivity index (χ1v) is 10.7. The van der Waals surface area contributed by atoms with Gasteiger partial charge in [0.2, 0.25) is 11.8 Å². The fourth-order valence-corrected chi connectivity index (χ4v) is 3.44. The molecule has 1 atom stereocenters. The summed E-state index contributed by atoms with van der Waals surface area (Å²) < 4.78 is 0. The number of rotatable bonds is 10. The molecular weight excluding hydrogens is 384 g/mol. The van der Waals surface area contributed by atoms with Gasteiger partial charge in [-0.05, 0) is 43.4 Å². The molecule has 1 unspecified atom stereocenters. The van der Waals surface area contributed by atoms with E-state index < -0.39 is 6.04 Å². The largest absolute Gasteiger partial charge is 0.354 e. The first-order valence-electron chi connectivity index (χ1n) is 10.3. The molecule has 4 nitrogen and oxygen atoms in total. The Balaban J connectivity index is 2.19. The second-order valence-corrected chi connectivity index (χ2v) is 7.72. The van der Waals surface area contributed by atoms with E-state index in [-0.39, 0.29) is 11.8 Å². The summed E-state index contributed by atoms with van der Waals surface area (Å²) in [5.41, 5.74) is 3.16. The van der Waals surface area contributed by atoms with Crippen LogP contribution in [0.5, 0.6) is 0 Å². The Morgan fingerprint density at radius 3 is 2.38 bits per heavy atom. The molecule has 0 bridgehead atoms. The van der Waals surface area contributed by atoms with Gasteiger partial charge in [-0.1, -0.05) is 73.5 Å². The van der Waals surface area contributed by atoms with Crippen LogP contribution in [-0.2, 0) is 22.6 Å². The highest BCUT2D eigenvalue weighted by molar-refractivity contribution is 6.31. The van der Waals surface area contributed by atoms with Gasteiger partial charge in [0.25, 0.3) is 0 Å². The maximum Gasteiger partial charge on any atom is 0.242 e. The van der Waals surface area contributed by atoms with E-state index in [0.717, 1.165) is 17.5 Å². The normalized spacial score (nSPS) is 11.7. The highest BCUT2D eigenvalue weighted by atomic mass is 35.5. The van der Waals surface area contributed by atoms with Crippen molar-refractivity contribution in [1.82, 2.24) is 10.2 Å². The molecular formula is C24H31ClN2O2. The Morgan fingerprint density at radius 1 is 1.07 bits per heavy atom. The standard InChI is InChI=1S/C24H31ClN2O2/c1-4-16-26-24(29)22(5-2)27(17-20-8-6-7-9-21(20)25)23(28)15-14-19-12-10-18(3)11-13-19/h6-13,22H,4-5,14-17H2,1-3H3,(H,26,29). The summed E-state index contributed by atoms with van der Waals surface area (Å²) in [7, 11) is 0. The van der Waals surface area contributed by atoms with Gasteiger partial charge in [-0.15, -0.1) is 0 Å². The van der Waals surface area contributed by atoms with Gasteiger partial charge in [0.05, 0.1) is 0 Å². The molecule has 29 heavy (non-hydrogen) atoms. The van der Waals surface area contributed by atoms with Gasteiger partial charge < -0.3 is 10.2 Å². The van der Waals surface area contributed by atoms with Crippen molar-refractivity contribution in [2.24, 2.45) is 0 Å². The molecule has 0 aliphatic carbocycles. The number of benzene rings is 2. The average Bonchev–Trinajstić information content (AvgIpc) is 2.72. The van der Waals surface area contributed by atoms with Crippen molar-refractivity contribution in [2.75, 3.05) is 6.54 Å². The molecule has 1 N–H and O–H groups in total. The number of hydrogen-bond acceptors (Lipinski definition) is 2. The molecule has 0 aliphatic rings. The van der Waals surface area contributed by atoms with Crippen LogP contribution in [0.1, 0.15) is 49.8 Å².